The van der Waals surface area contributed by atoms with Crippen LogP contribution >= 0.6 is 0 Å². The van der Waals surface area contributed by atoms with Gasteiger partial charge in [-0.25, -0.2) is 4.79 Å². The van der Waals surface area contributed by atoms with E-state index in [0.717, 1.165) is 38.0 Å². The summed E-state index contributed by atoms with van der Waals surface area (Å²) in [5.41, 5.74) is 0. The molecule has 17 heavy (non-hydrogen) atoms. The van der Waals surface area contributed by atoms with E-state index in [1.54, 1.807) is 0 Å². The minimum atomic E-state index is 0.284. The van der Waals surface area contributed by atoms with Gasteiger partial charge in [0, 0.05) is 26.2 Å². The van der Waals surface area contributed by atoms with Crippen molar-refractivity contribution < 1.29 is 4.79 Å². The van der Waals surface area contributed by atoms with Gasteiger partial charge in [0.2, 0.25) is 0 Å². The van der Waals surface area contributed by atoms with Crippen LogP contribution in [0.15, 0.2) is 0 Å². The Balaban J connectivity index is 1.82. The van der Waals surface area contributed by atoms with E-state index in [4.69, 9.17) is 0 Å². The molecule has 0 unspecified atom stereocenters. The molecule has 1 aliphatic carbocycles. The lowest BCUT2D eigenvalue weighted by Crippen LogP contribution is -2.48. The lowest BCUT2D eigenvalue weighted by atomic mass is 9.85. The van der Waals surface area contributed by atoms with Gasteiger partial charge < -0.3 is 9.80 Å². The third kappa shape index (κ3) is 3.14. The SMILES string of the molecule is CCN(CC1CCC1)C(=O)N1CCC(C)CC1. The summed E-state index contributed by atoms with van der Waals surface area (Å²) in [6.07, 6.45) is 6.35. The van der Waals surface area contributed by atoms with Gasteiger partial charge in [0.15, 0.2) is 0 Å². The zero-order valence-corrected chi connectivity index (χ0v) is 11.3. The highest BCUT2D eigenvalue weighted by Crippen LogP contribution is 2.27. The molecular formula is C14H26N2O. The Morgan fingerprint density at radius 2 is 1.88 bits per heavy atom. The smallest absolute Gasteiger partial charge is 0.319 e. The first-order chi connectivity index (χ1) is 8.20. The Kier molecular flexibility index (Phi) is 4.30. The maximum atomic E-state index is 12.4. The molecule has 0 bridgehead atoms. The van der Waals surface area contributed by atoms with E-state index < -0.39 is 0 Å². The van der Waals surface area contributed by atoms with Gasteiger partial charge in [0.05, 0.1) is 0 Å². The van der Waals surface area contributed by atoms with Crippen molar-refractivity contribution in [2.75, 3.05) is 26.2 Å². The lowest BCUT2D eigenvalue weighted by molar-refractivity contribution is 0.120. The number of amides is 2. The van der Waals surface area contributed by atoms with Crippen molar-refractivity contribution in [2.24, 2.45) is 11.8 Å². The van der Waals surface area contributed by atoms with Gasteiger partial charge >= 0.3 is 6.03 Å². The Morgan fingerprint density at radius 1 is 1.24 bits per heavy atom. The molecule has 1 heterocycles. The minimum absolute atomic E-state index is 0.284. The van der Waals surface area contributed by atoms with Crippen molar-refractivity contribution in [1.82, 2.24) is 9.80 Å². The monoisotopic (exact) mass is 238 g/mol. The second-order valence-corrected chi connectivity index (χ2v) is 5.79. The fourth-order valence-electron chi connectivity index (χ4n) is 2.73. The summed E-state index contributed by atoms with van der Waals surface area (Å²) in [7, 11) is 0. The van der Waals surface area contributed by atoms with Gasteiger partial charge in [0.25, 0.3) is 0 Å². The molecule has 1 aliphatic heterocycles. The third-order valence-electron chi connectivity index (χ3n) is 4.41. The van der Waals surface area contributed by atoms with Crippen LogP contribution in [-0.4, -0.2) is 42.0 Å². The van der Waals surface area contributed by atoms with Crippen molar-refractivity contribution in [3.05, 3.63) is 0 Å². The van der Waals surface area contributed by atoms with Crippen molar-refractivity contribution >= 4 is 6.03 Å². The molecule has 0 N–H and O–H groups in total. The van der Waals surface area contributed by atoms with Crippen LogP contribution in [0.1, 0.15) is 46.0 Å². The molecule has 2 rings (SSSR count). The molecule has 3 nitrogen and oxygen atoms in total. The van der Waals surface area contributed by atoms with Crippen LogP contribution < -0.4 is 0 Å². The summed E-state index contributed by atoms with van der Waals surface area (Å²) >= 11 is 0. The van der Waals surface area contributed by atoms with E-state index in [0.29, 0.717) is 0 Å². The fourth-order valence-corrected chi connectivity index (χ4v) is 2.73. The first kappa shape index (κ1) is 12.7. The van der Waals surface area contributed by atoms with Crippen molar-refractivity contribution in [2.45, 2.75) is 46.0 Å². The number of piperidine rings is 1. The third-order valence-corrected chi connectivity index (χ3v) is 4.41. The Bertz CT molecular complexity index is 255. The zero-order valence-electron chi connectivity index (χ0n) is 11.3. The number of urea groups is 1. The van der Waals surface area contributed by atoms with E-state index in [2.05, 4.69) is 23.6 Å². The maximum absolute atomic E-state index is 12.4. The van der Waals surface area contributed by atoms with Crippen LogP contribution in [-0.2, 0) is 0 Å². The predicted octanol–water partition coefficient (Wildman–Crippen LogP) is 2.96. The number of carbonyl (C=O) groups excluding carboxylic acids is 1. The number of nitrogens with zero attached hydrogens (tertiary/aromatic N) is 2. The van der Waals surface area contributed by atoms with Crippen LogP contribution in [0, 0.1) is 11.8 Å². The summed E-state index contributed by atoms with van der Waals surface area (Å²) in [5.74, 6) is 1.57. The van der Waals surface area contributed by atoms with E-state index in [1.807, 2.05) is 0 Å². The highest BCUT2D eigenvalue weighted by atomic mass is 16.2. The fraction of sp³-hybridized carbons (Fsp3) is 0.929. The van der Waals surface area contributed by atoms with E-state index >= 15 is 0 Å². The molecule has 0 radical (unpaired) electrons. The van der Waals surface area contributed by atoms with Gasteiger partial charge in [-0.1, -0.05) is 13.3 Å². The summed E-state index contributed by atoms with van der Waals surface area (Å²) in [6.45, 7) is 8.15. The Morgan fingerprint density at radius 3 is 2.35 bits per heavy atom. The zero-order chi connectivity index (χ0) is 12.3. The highest BCUT2D eigenvalue weighted by molar-refractivity contribution is 5.74. The minimum Gasteiger partial charge on any atom is -0.325 e. The molecule has 0 atom stereocenters. The van der Waals surface area contributed by atoms with Crippen LogP contribution in [0.4, 0.5) is 4.79 Å². The first-order valence-corrected chi connectivity index (χ1v) is 7.24. The van der Waals surface area contributed by atoms with Crippen LogP contribution in [0.5, 0.6) is 0 Å². The van der Waals surface area contributed by atoms with Crippen molar-refractivity contribution in [3.8, 4) is 0 Å². The lowest BCUT2D eigenvalue weighted by Gasteiger charge is -2.37. The summed E-state index contributed by atoms with van der Waals surface area (Å²) in [6, 6.07) is 0.284. The molecular weight excluding hydrogens is 212 g/mol. The normalized spacial score (nSPS) is 22.4. The largest absolute Gasteiger partial charge is 0.325 e. The second kappa shape index (κ2) is 5.74. The predicted molar refractivity (Wildman–Crippen MR) is 70.0 cm³/mol. The number of hydrogen-bond acceptors (Lipinski definition) is 1. The molecule has 98 valence electrons. The molecule has 0 aromatic rings. The van der Waals surface area contributed by atoms with Gasteiger partial charge in [-0.15, -0.1) is 0 Å². The molecule has 2 fully saturated rings. The van der Waals surface area contributed by atoms with Crippen molar-refractivity contribution in [3.63, 3.8) is 0 Å². The molecule has 0 spiro atoms. The average molecular weight is 238 g/mol. The maximum Gasteiger partial charge on any atom is 0.319 e. The van der Waals surface area contributed by atoms with Crippen molar-refractivity contribution in [1.29, 1.82) is 0 Å². The molecule has 0 aromatic carbocycles. The van der Waals surface area contributed by atoms with E-state index in [9.17, 15) is 4.79 Å². The van der Waals surface area contributed by atoms with Crippen LogP contribution in [0.2, 0.25) is 0 Å². The first-order valence-electron chi connectivity index (χ1n) is 7.24. The van der Waals surface area contributed by atoms with Gasteiger partial charge in [-0.3, -0.25) is 0 Å². The molecule has 2 aliphatic rings. The number of hydrogen-bond donors (Lipinski definition) is 0. The topological polar surface area (TPSA) is 23.6 Å². The Labute approximate surface area is 105 Å². The van der Waals surface area contributed by atoms with Gasteiger partial charge in [0.1, 0.15) is 0 Å². The second-order valence-electron chi connectivity index (χ2n) is 5.79. The summed E-state index contributed by atoms with van der Waals surface area (Å²) < 4.78 is 0. The molecule has 1 saturated carbocycles. The molecule has 1 saturated heterocycles. The van der Waals surface area contributed by atoms with E-state index in [1.165, 1.54) is 32.1 Å². The summed E-state index contributed by atoms with van der Waals surface area (Å²) in [5, 5.41) is 0. The molecule has 2 amide bonds. The number of rotatable bonds is 3. The van der Waals surface area contributed by atoms with Gasteiger partial charge in [-0.2, -0.15) is 0 Å². The number of carbonyl (C=O) groups is 1. The highest BCUT2D eigenvalue weighted by Gasteiger charge is 2.27. The molecule has 0 aromatic heterocycles. The standard InChI is InChI=1S/C14H26N2O/c1-3-15(11-13-5-4-6-13)14(17)16-9-7-12(2)8-10-16/h12-13H,3-11H2,1-2H3. The summed E-state index contributed by atoms with van der Waals surface area (Å²) in [4.78, 5) is 16.5. The molecule has 3 heteroatoms. The Hall–Kier alpha value is -0.730. The van der Waals surface area contributed by atoms with Crippen LogP contribution in [0.25, 0.3) is 0 Å². The number of likely N-dealkylation sites (tertiary alicyclic amines) is 1. The quantitative estimate of drug-likeness (QED) is 0.741. The van der Waals surface area contributed by atoms with Gasteiger partial charge in [-0.05, 0) is 44.4 Å². The van der Waals surface area contributed by atoms with Crippen LogP contribution in [0.3, 0.4) is 0 Å². The average Bonchev–Trinajstić information content (AvgIpc) is 2.28. The van der Waals surface area contributed by atoms with E-state index in [-0.39, 0.29) is 6.03 Å².